The number of amides is 1. The third kappa shape index (κ3) is 3.42. The number of carbonyl (C=O) groups is 1. The fourth-order valence-corrected chi connectivity index (χ4v) is 2.32. The van der Waals surface area contributed by atoms with E-state index in [2.05, 4.69) is 10.5 Å². The minimum Gasteiger partial charge on any atom is -0.496 e. The number of nitrogens with zero attached hydrogens (tertiary/aromatic N) is 1. The van der Waals surface area contributed by atoms with Crippen molar-refractivity contribution in [1.82, 2.24) is 5.43 Å². The number of methoxy groups -OCH3 is 1. The third-order valence-corrected chi connectivity index (χ3v) is 3.41. The van der Waals surface area contributed by atoms with Gasteiger partial charge in [-0.25, -0.2) is 5.43 Å². The molecule has 0 atom stereocenters. The molecule has 0 saturated carbocycles. The highest BCUT2D eigenvalue weighted by Crippen LogP contribution is 2.17. The van der Waals surface area contributed by atoms with Crippen molar-refractivity contribution in [3.05, 3.63) is 51.7 Å². The zero-order chi connectivity index (χ0) is 13.7. The van der Waals surface area contributed by atoms with Crippen LogP contribution in [0.25, 0.3) is 0 Å². The molecule has 0 saturated heterocycles. The lowest BCUT2D eigenvalue weighted by Gasteiger charge is -2.05. The van der Waals surface area contributed by atoms with E-state index in [-0.39, 0.29) is 5.91 Å². The molecule has 0 unspecified atom stereocenters. The molecule has 0 aliphatic carbocycles. The number of aryl methyl sites for hydroxylation is 1. The Morgan fingerprint density at radius 1 is 1.32 bits per heavy atom. The standard InChI is InChI=1S/C14H14N2O2S/c1-10-7-8-11(19-10)9-15-16-14(17)12-5-3-4-6-13(12)18-2/h3-9H,1-2H3,(H,16,17). The molecule has 5 heteroatoms. The summed E-state index contributed by atoms with van der Waals surface area (Å²) in [6, 6.07) is 11.0. The second-order valence-electron chi connectivity index (χ2n) is 3.85. The van der Waals surface area contributed by atoms with Gasteiger partial charge in [0.1, 0.15) is 5.75 Å². The molecule has 1 N–H and O–H groups in total. The van der Waals surface area contributed by atoms with Crippen molar-refractivity contribution in [3.8, 4) is 5.75 Å². The molecule has 19 heavy (non-hydrogen) atoms. The highest BCUT2D eigenvalue weighted by atomic mass is 32.1. The fourth-order valence-electron chi connectivity index (χ4n) is 1.57. The topological polar surface area (TPSA) is 50.7 Å². The van der Waals surface area contributed by atoms with Gasteiger partial charge in [-0.15, -0.1) is 11.3 Å². The number of rotatable bonds is 4. The number of benzene rings is 1. The lowest BCUT2D eigenvalue weighted by molar-refractivity contribution is 0.0952. The normalized spacial score (nSPS) is 10.6. The van der Waals surface area contributed by atoms with Crippen molar-refractivity contribution in [1.29, 1.82) is 0 Å². The molecular weight excluding hydrogens is 260 g/mol. The number of carbonyl (C=O) groups excluding carboxylic acids is 1. The van der Waals surface area contributed by atoms with Crippen LogP contribution in [0.15, 0.2) is 41.5 Å². The Hall–Kier alpha value is -2.14. The smallest absolute Gasteiger partial charge is 0.275 e. The van der Waals surface area contributed by atoms with Gasteiger partial charge in [0.15, 0.2) is 0 Å². The average molecular weight is 274 g/mol. The first kappa shape index (κ1) is 13.3. The Labute approximate surface area is 115 Å². The summed E-state index contributed by atoms with van der Waals surface area (Å²) in [5, 5.41) is 3.94. The summed E-state index contributed by atoms with van der Waals surface area (Å²) in [6.45, 7) is 2.02. The maximum Gasteiger partial charge on any atom is 0.275 e. The first-order valence-corrected chi connectivity index (χ1v) is 6.55. The predicted molar refractivity (Wildman–Crippen MR) is 77.1 cm³/mol. The zero-order valence-corrected chi connectivity index (χ0v) is 11.5. The summed E-state index contributed by atoms with van der Waals surface area (Å²) in [4.78, 5) is 14.1. The highest BCUT2D eigenvalue weighted by Gasteiger charge is 2.09. The van der Waals surface area contributed by atoms with Crippen LogP contribution in [0.3, 0.4) is 0 Å². The lowest BCUT2D eigenvalue weighted by atomic mass is 10.2. The van der Waals surface area contributed by atoms with Crippen LogP contribution >= 0.6 is 11.3 Å². The lowest BCUT2D eigenvalue weighted by Crippen LogP contribution is -2.18. The van der Waals surface area contributed by atoms with E-state index in [4.69, 9.17) is 4.74 Å². The zero-order valence-electron chi connectivity index (χ0n) is 10.7. The van der Waals surface area contributed by atoms with Crippen molar-refractivity contribution in [2.45, 2.75) is 6.92 Å². The van der Waals surface area contributed by atoms with Crippen LogP contribution in [0.4, 0.5) is 0 Å². The van der Waals surface area contributed by atoms with Crippen molar-refractivity contribution in [2.24, 2.45) is 5.10 Å². The van der Waals surface area contributed by atoms with E-state index in [9.17, 15) is 4.79 Å². The van der Waals surface area contributed by atoms with Gasteiger partial charge < -0.3 is 4.74 Å². The molecule has 2 aromatic rings. The van der Waals surface area contributed by atoms with Gasteiger partial charge in [0.2, 0.25) is 0 Å². The van der Waals surface area contributed by atoms with E-state index >= 15 is 0 Å². The second-order valence-corrected chi connectivity index (χ2v) is 5.17. The molecule has 1 heterocycles. The fraction of sp³-hybridized carbons (Fsp3) is 0.143. The molecule has 0 radical (unpaired) electrons. The van der Waals surface area contributed by atoms with Crippen molar-refractivity contribution >= 4 is 23.5 Å². The second kappa shape index (κ2) is 6.15. The molecular formula is C14H14N2O2S. The first-order chi connectivity index (χ1) is 9.20. The van der Waals surface area contributed by atoms with Gasteiger partial charge in [-0.2, -0.15) is 5.10 Å². The Balaban J connectivity index is 2.03. The SMILES string of the molecule is COc1ccccc1C(=O)NN=Cc1ccc(C)s1. The number of thiophene rings is 1. The Morgan fingerprint density at radius 2 is 2.11 bits per heavy atom. The van der Waals surface area contributed by atoms with Crippen LogP contribution in [-0.4, -0.2) is 19.2 Å². The molecule has 0 aliphatic heterocycles. The minimum absolute atomic E-state index is 0.290. The van der Waals surface area contributed by atoms with Crippen LogP contribution in [0, 0.1) is 6.92 Å². The van der Waals surface area contributed by atoms with Crippen molar-refractivity contribution in [3.63, 3.8) is 0 Å². The van der Waals surface area contributed by atoms with Crippen LogP contribution in [-0.2, 0) is 0 Å². The van der Waals surface area contributed by atoms with Crippen molar-refractivity contribution in [2.75, 3.05) is 7.11 Å². The quantitative estimate of drug-likeness (QED) is 0.688. The monoisotopic (exact) mass is 274 g/mol. The first-order valence-electron chi connectivity index (χ1n) is 5.73. The number of hydrogen-bond donors (Lipinski definition) is 1. The Kier molecular flexibility index (Phi) is 4.30. The molecule has 4 nitrogen and oxygen atoms in total. The number of hydrazone groups is 1. The van der Waals surface area contributed by atoms with Gasteiger partial charge in [0.25, 0.3) is 5.91 Å². The number of nitrogens with one attached hydrogen (secondary N) is 1. The molecule has 0 aliphatic rings. The minimum atomic E-state index is -0.290. The molecule has 0 fully saturated rings. The van der Waals surface area contributed by atoms with E-state index in [1.807, 2.05) is 25.1 Å². The average Bonchev–Trinajstić information content (AvgIpc) is 2.84. The van der Waals surface area contributed by atoms with E-state index in [1.54, 1.807) is 35.8 Å². The van der Waals surface area contributed by atoms with Crippen molar-refractivity contribution < 1.29 is 9.53 Å². The van der Waals surface area contributed by atoms with Gasteiger partial charge in [0.05, 0.1) is 18.9 Å². The third-order valence-electron chi connectivity index (χ3n) is 2.47. The maximum absolute atomic E-state index is 11.9. The van der Waals surface area contributed by atoms with E-state index in [0.717, 1.165) is 4.88 Å². The molecule has 0 bridgehead atoms. The van der Waals surface area contributed by atoms with Gasteiger partial charge in [0, 0.05) is 9.75 Å². The Bertz CT molecular complexity index is 605. The largest absolute Gasteiger partial charge is 0.496 e. The summed E-state index contributed by atoms with van der Waals surface area (Å²) < 4.78 is 5.12. The van der Waals surface area contributed by atoms with Crippen LogP contribution in [0.1, 0.15) is 20.1 Å². The summed E-state index contributed by atoms with van der Waals surface area (Å²) in [7, 11) is 1.53. The van der Waals surface area contributed by atoms with Gasteiger partial charge >= 0.3 is 0 Å². The van der Waals surface area contributed by atoms with E-state index < -0.39 is 0 Å². The molecule has 1 amide bonds. The van der Waals surface area contributed by atoms with Gasteiger partial charge in [-0.05, 0) is 31.2 Å². The molecule has 1 aromatic carbocycles. The van der Waals surface area contributed by atoms with Gasteiger partial charge in [-0.3, -0.25) is 4.79 Å². The summed E-state index contributed by atoms with van der Waals surface area (Å²) in [6.07, 6.45) is 1.63. The molecule has 1 aromatic heterocycles. The number of hydrogen-bond acceptors (Lipinski definition) is 4. The van der Waals surface area contributed by atoms with Crippen LogP contribution < -0.4 is 10.2 Å². The van der Waals surface area contributed by atoms with Gasteiger partial charge in [-0.1, -0.05) is 12.1 Å². The summed E-state index contributed by atoms with van der Waals surface area (Å²) in [5.41, 5.74) is 2.95. The maximum atomic E-state index is 11.9. The predicted octanol–water partition coefficient (Wildman–Crippen LogP) is 2.83. The Morgan fingerprint density at radius 3 is 2.79 bits per heavy atom. The molecule has 2 rings (SSSR count). The van der Waals surface area contributed by atoms with E-state index in [1.165, 1.54) is 12.0 Å². The summed E-state index contributed by atoms with van der Waals surface area (Å²) >= 11 is 1.62. The highest BCUT2D eigenvalue weighted by molar-refractivity contribution is 7.13. The van der Waals surface area contributed by atoms with Crippen LogP contribution in [0.5, 0.6) is 5.75 Å². The van der Waals surface area contributed by atoms with Crippen LogP contribution in [0.2, 0.25) is 0 Å². The number of ether oxygens (including phenoxy) is 1. The molecule has 98 valence electrons. The molecule has 0 spiro atoms. The summed E-state index contributed by atoms with van der Waals surface area (Å²) in [5.74, 6) is 0.240. The van der Waals surface area contributed by atoms with E-state index in [0.29, 0.717) is 11.3 Å². The number of para-hydroxylation sites is 1.